The number of anilines is 1. The summed E-state index contributed by atoms with van der Waals surface area (Å²) >= 11 is 1.30. The Hall–Kier alpha value is -1.17. The Labute approximate surface area is 98.4 Å². The zero-order valence-electron chi connectivity index (χ0n) is 9.40. The lowest BCUT2D eigenvalue weighted by atomic mass is 10.3. The first kappa shape index (κ1) is 11.3. The zero-order chi connectivity index (χ0) is 11.5. The van der Waals surface area contributed by atoms with Crippen molar-refractivity contribution in [3.63, 3.8) is 0 Å². The van der Waals surface area contributed by atoms with Crippen LogP contribution in [0.25, 0.3) is 0 Å². The first-order chi connectivity index (χ1) is 7.70. The molecule has 1 fully saturated rings. The molecule has 0 spiro atoms. The van der Waals surface area contributed by atoms with Gasteiger partial charge in [0.1, 0.15) is 11.9 Å². The molecule has 0 saturated heterocycles. The van der Waals surface area contributed by atoms with E-state index in [1.165, 1.54) is 24.4 Å². The number of carbonyl (C=O) groups excluding carboxylic acids is 1. The highest BCUT2D eigenvalue weighted by Crippen LogP contribution is 2.39. The predicted octanol–water partition coefficient (Wildman–Crippen LogP) is 1.78. The van der Waals surface area contributed by atoms with Crippen LogP contribution in [0.5, 0.6) is 0 Å². The lowest BCUT2D eigenvalue weighted by molar-refractivity contribution is -0.143. The Kier molecular flexibility index (Phi) is 3.38. The van der Waals surface area contributed by atoms with Crippen molar-refractivity contribution in [3.8, 4) is 0 Å². The number of aromatic nitrogens is 2. The van der Waals surface area contributed by atoms with Crippen LogP contribution < -0.4 is 5.32 Å². The maximum atomic E-state index is 11.4. The number of nitrogens with one attached hydrogen (secondary N) is 1. The summed E-state index contributed by atoms with van der Waals surface area (Å²) in [5.74, 6) is 1.19. The van der Waals surface area contributed by atoms with Crippen molar-refractivity contribution >= 4 is 22.6 Å². The molecule has 1 aromatic heterocycles. The highest BCUT2D eigenvalue weighted by molar-refractivity contribution is 7.09. The average molecular weight is 241 g/mol. The summed E-state index contributed by atoms with van der Waals surface area (Å²) in [5.41, 5.74) is 0. The number of esters is 1. The monoisotopic (exact) mass is 241 g/mol. The van der Waals surface area contributed by atoms with Gasteiger partial charge in [-0.1, -0.05) is 0 Å². The number of rotatable bonds is 5. The molecule has 0 amide bonds. The van der Waals surface area contributed by atoms with E-state index in [1.54, 1.807) is 13.8 Å². The Morgan fingerprint density at radius 3 is 3.06 bits per heavy atom. The largest absolute Gasteiger partial charge is 0.464 e. The zero-order valence-corrected chi connectivity index (χ0v) is 10.2. The first-order valence-corrected chi connectivity index (χ1v) is 6.24. The molecule has 5 nitrogen and oxygen atoms in total. The highest BCUT2D eigenvalue weighted by Gasteiger charge is 2.28. The van der Waals surface area contributed by atoms with Crippen molar-refractivity contribution in [2.24, 2.45) is 0 Å². The Morgan fingerprint density at radius 1 is 1.69 bits per heavy atom. The van der Waals surface area contributed by atoms with Crippen LogP contribution in [0.3, 0.4) is 0 Å². The molecule has 1 aliphatic rings. The van der Waals surface area contributed by atoms with Crippen molar-refractivity contribution in [1.82, 2.24) is 9.36 Å². The van der Waals surface area contributed by atoms with Crippen LogP contribution in [-0.2, 0) is 9.53 Å². The van der Waals surface area contributed by atoms with E-state index in [0.29, 0.717) is 17.7 Å². The predicted molar refractivity (Wildman–Crippen MR) is 61.6 cm³/mol. The number of carbonyl (C=O) groups is 1. The molecule has 1 heterocycles. The molecule has 0 aromatic carbocycles. The minimum atomic E-state index is -0.375. The molecule has 0 radical (unpaired) electrons. The second-order valence-corrected chi connectivity index (χ2v) is 4.60. The Morgan fingerprint density at radius 2 is 2.44 bits per heavy atom. The summed E-state index contributed by atoms with van der Waals surface area (Å²) in [6.07, 6.45) is 2.37. The number of nitrogens with zero attached hydrogens (tertiary/aromatic N) is 2. The van der Waals surface area contributed by atoms with Gasteiger partial charge in [-0.25, -0.2) is 9.78 Å². The fourth-order valence-electron chi connectivity index (χ4n) is 1.31. The minimum absolute atomic E-state index is 0.259. The molecule has 2 rings (SSSR count). The summed E-state index contributed by atoms with van der Waals surface area (Å²) < 4.78 is 9.15. The molecule has 88 valence electrons. The summed E-state index contributed by atoms with van der Waals surface area (Å²) in [6, 6.07) is -0.375. The lowest BCUT2D eigenvalue weighted by Crippen LogP contribution is -2.28. The van der Waals surface area contributed by atoms with Crippen molar-refractivity contribution in [3.05, 3.63) is 5.82 Å². The SMILES string of the molecule is CCOC(=O)C(C)Nc1nc(C2CC2)ns1. The van der Waals surface area contributed by atoms with Gasteiger partial charge in [0.05, 0.1) is 6.61 Å². The van der Waals surface area contributed by atoms with Gasteiger partial charge >= 0.3 is 5.97 Å². The second-order valence-electron chi connectivity index (χ2n) is 3.85. The number of hydrogen-bond acceptors (Lipinski definition) is 6. The second kappa shape index (κ2) is 4.78. The van der Waals surface area contributed by atoms with Gasteiger partial charge < -0.3 is 10.1 Å². The van der Waals surface area contributed by atoms with Gasteiger partial charge in [-0.05, 0) is 26.7 Å². The third-order valence-electron chi connectivity index (χ3n) is 2.36. The van der Waals surface area contributed by atoms with Gasteiger partial charge in [0.15, 0.2) is 0 Å². The molecule has 1 atom stereocenters. The van der Waals surface area contributed by atoms with Crippen molar-refractivity contribution < 1.29 is 9.53 Å². The quantitative estimate of drug-likeness (QED) is 0.796. The maximum absolute atomic E-state index is 11.4. The molecule has 0 bridgehead atoms. The van der Waals surface area contributed by atoms with E-state index in [4.69, 9.17) is 4.74 Å². The van der Waals surface area contributed by atoms with Crippen LogP contribution in [0.2, 0.25) is 0 Å². The van der Waals surface area contributed by atoms with Gasteiger partial charge in [0.2, 0.25) is 5.13 Å². The smallest absolute Gasteiger partial charge is 0.328 e. The van der Waals surface area contributed by atoms with E-state index in [9.17, 15) is 4.79 Å². The normalized spacial score (nSPS) is 16.9. The summed E-state index contributed by atoms with van der Waals surface area (Å²) in [4.78, 5) is 15.7. The van der Waals surface area contributed by atoms with E-state index in [1.807, 2.05) is 0 Å². The van der Waals surface area contributed by atoms with Crippen LogP contribution in [0.15, 0.2) is 0 Å². The van der Waals surface area contributed by atoms with Gasteiger partial charge in [-0.2, -0.15) is 4.37 Å². The first-order valence-electron chi connectivity index (χ1n) is 5.47. The third kappa shape index (κ3) is 2.69. The molecule has 1 aliphatic carbocycles. The van der Waals surface area contributed by atoms with Crippen LogP contribution in [0.1, 0.15) is 38.4 Å². The van der Waals surface area contributed by atoms with Gasteiger partial charge in [0.25, 0.3) is 0 Å². The molecular formula is C10H15N3O2S. The Balaban J connectivity index is 1.89. The number of ether oxygens (including phenoxy) is 1. The molecule has 0 aliphatic heterocycles. The topological polar surface area (TPSA) is 64.1 Å². The van der Waals surface area contributed by atoms with E-state index in [-0.39, 0.29) is 12.0 Å². The fourth-order valence-corrected chi connectivity index (χ4v) is 2.05. The van der Waals surface area contributed by atoms with Crippen LogP contribution in [0, 0.1) is 0 Å². The van der Waals surface area contributed by atoms with Crippen molar-refractivity contribution in [2.45, 2.75) is 38.6 Å². The standard InChI is InChI=1S/C10H15N3O2S/c1-3-15-9(14)6(2)11-10-12-8(13-16-10)7-4-5-7/h6-7H,3-5H2,1-2H3,(H,11,12,13). The van der Waals surface area contributed by atoms with Crippen molar-refractivity contribution in [1.29, 1.82) is 0 Å². The van der Waals surface area contributed by atoms with Crippen LogP contribution in [0.4, 0.5) is 5.13 Å². The van der Waals surface area contributed by atoms with Gasteiger partial charge in [-0.3, -0.25) is 0 Å². The molecule has 6 heteroatoms. The van der Waals surface area contributed by atoms with E-state index >= 15 is 0 Å². The Bertz CT molecular complexity index is 376. The average Bonchev–Trinajstić information content (AvgIpc) is 3.01. The van der Waals surface area contributed by atoms with Crippen LogP contribution >= 0.6 is 11.5 Å². The third-order valence-corrected chi connectivity index (χ3v) is 3.02. The minimum Gasteiger partial charge on any atom is -0.464 e. The molecular weight excluding hydrogens is 226 g/mol. The maximum Gasteiger partial charge on any atom is 0.328 e. The highest BCUT2D eigenvalue weighted by atomic mass is 32.1. The van der Waals surface area contributed by atoms with E-state index < -0.39 is 0 Å². The fraction of sp³-hybridized carbons (Fsp3) is 0.700. The molecule has 1 unspecified atom stereocenters. The van der Waals surface area contributed by atoms with Crippen molar-refractivity contribution in [2.75, 3.05) is 11.9 Å². The van der Waals surface area contributed by atoms with E-state index in [0.717, 1.165) is 5.82 Å². The molecule has 1 saturated carbocycles. The van der Waals surface area contributed by atoms with E-state index in [2.05, 4.69) is 14.7 Å². The van der Waals surface area contributed by atoms with Gasteiger partial charge in [-0.15, -0.1) is 0 Å². The summed E-state index contributed by atoms with van der Waals surface area (Å²) in [5, 5.41) is 3.70. The molecule has 16 heavy (non-hydrogen) atoms. The number of hydrogen-bond donors (Lipinski definition) is 1. The molecule has 1 aromatic rings. The molecule has 1 N–H and O–H groups in total. The summed E-state index contributed by atoms with van der Waals surface area (Å²) in [7, 11) is 0. The van der Waals surface area contributed by atoms with Gasteiger partial charge in [0, 0.05) is 17.5 Å². The lowest BCUT2D eigenvalue weighted by Gasteiger charge is -2.10. The van der Waals surface area contributed by atoms with Crippen LogP contribution in [-0.4, -0.2) is 28.0 Å². The summed E-state index contributed by atoms with van der Waals surface area (Å²) in [6.45, 7) is 3.95.